The van der Waals surface area contributed by atoms with E-state index in [1.807, 2.05) is 13.8 Å². The Morgan fingerprint density at radius 1 is 1.50 bits per heavy atom. The van der Waals surface area contributed by atoms with Gasteiger partial charge in [-0.25, -0.2) is 0 Å². The molecule has 0 aromatic heterocycles. The molecular formula is C11H15O5-. The standard InChI is InChI=1S/C11H16O5/c1-10(2)6-11(3-4-15-10)7(9(13)14)5-8(12)16-11/h7H,3-6H2,1-2H3,(H,13,14)/p-1/t7-,11+/m0/s1. The number of rotatable bonds is 1. The summed E-state index contributed by atoms with van der Waals surface area (Å²) in [6.07, 6.45) is 0.754. The Kier molecular flexibility index (Phi) is 2.45. The molecule has 16 heavy (non-hydrogen) atoms. The minimum Gasteiger partial charge on any atom is -0.550 e. The largest absolute Gasteiger partial charge is 0.550 e. The highest BCUT2D eigenvalue weighted by Crippen LogP contribution is 2.45. The van der Waals surface area contributed by atoms with E-state index in [1.165, 1.54) is 0 Å². The SMILES string of the molecule is CC1(C)C[C@@]2(CCO1)OC(=O)C[C@H]2C(=O)[O-]. The van der Waals surface area contributed by atoms with Crippen LogP contribution >= 0.6 is 0 Å². The van der Waals surface area contributed by atoms with Gasteiger partial charge in [-0.2, -0.15) is 0 Å². The van der Waals surface area contributed by atoms with Gasteiger partial charge in [0.15, 0.2) is 0 Å². The van der Waals surface area contributed by atoms with Gasteiger partial charge in [-0.15, -0.1) is 0 Å². The van der Waals surface area contributed by atoms with Gasteiger partial charge in [0.2, 0.25) is 0 Å². The summed E-state index contributed by atoms with van der Waals surface area (Å²) in [5, 5.41) is 11.0. The van der Waals surface area contributed by atoms with Crippen LogP contribution in [0, 0.1) is 5.92 Å². The minimum absolute atomic E-state index is 0.0849. The summed E-state index contributed by atoms with van der Waals surface area (Å²) in [5.74, 6) is -2.50. The maximum atomic E-state index is 11.3. The van der Waals surface area contributed by atoms with Gasteiger partial charge < -0.3 is 19.4 Å². The number of carboxylic acids is 1. The molecule has 2 rings (SSSR count). The maximum Gasteiger partial charge on any atom is 0.307 e. The number of hydrogen-bond acceptors (Lipinski definition) is 5. The molecule has 2 atom stereocenters. The fraction of sp³-hybridized carbons (Fsp3) is 0.818. The predicted molar refractivity (Wildman–Crippen MR) is 51.2 cm³/mol. The average molecular weight is 227 g/mol. The summed E-state index contributed by atoms with van der Waals surface area (Å²) in [4.78, 5) is 22.3. The number of hydrogen-bond donors (Lipinski definition) is 0. The van der Waals surface area contributed by atoms with Gasteiger partial charge in [0.1, 0.15) is 5.60 Å². The third-order valence-corrected chi connectivity index (χ3v) is 3.35. The molecule has 0 amide bonds. The van der Waals surface area contributed by atoms with E-state index in [2.05, 4.69) is 0 Å². The maximum absolute atomic E-state index is 11.3. The highest BCUT2D eigenvalue weighted by Gasteiger charge is 2.54. The number of ether oxygens (including phenoxy) is 2. The third kappa shape index (κ3) is 1.80. The Balaban J connectivity index is 2.28. The first-order chi connectivity index (χ1) is 7.35. The molecule has 0 unspecified atom stereocenters. The molecule has 2 fully saturated rings. The average Bonchev–Trinajstić information content (AvgIpc) is 2.40. The van der Waals surface area contributed by atoms with E-state index >= 15 is 0 Å². The lowest BCUT2D eigenvalue weighted by molar-refractivity contribution is -0.317. The van der Waals surface area contributed by atoms with Crippen molar-refractivity contribution in [2.45, 2.75) is 44.3 Å². The van der Waals surface area contributed by atoms with Crippen molar-refractivity contribution in [3.8, 4) is 0 Å². The topological polar surface area (TPSA) is 75.7 Å². The van der Waals surface area contributed by atoms with E-state index in [9.17, 15) is 14.7 Å². The number of carbonyl (C=O) groups is 2. The summed E-state index contributed by atoms with van der Waals surface area (Å²) in [5.41, 5.74) is -1.38. The molecule has 5 nitrogen and oxygen atoms in total. The van der Waals surface area contributed by atoms with E-state index in [0.717, 1.165) is 0 Å². The Morgan fingerprint density at radius 3 is 2.75 bits per heavy atom. The fourth-order valence-electron chi connectivity index (χ4n) is 2.73. The molecule has 0 N–H and O–H groups in total. The van der Waals surface area contributed by atoms with Crippen LogP contribution in [0.3, 0.4) is 0 Å². The van der Waals surface area contributed by atoms with E-state index < -0.39 is 29.1 Å². The number of carboxylic acid groups (broad SMARTS) is 1. The van der Waals surface area contributed by atoms with Crippen molar-refractivity contribution in [3.63, 3.8) is 0 Å². The quantitative estimate of drug-likeness (QED) is 0.571. The van der Waals surface area contributed by atoms with Crippen molar-refractivity contribution in [3.05, 3.63) is 0 Å². The van der Waals surface area contributed by atoms with Crippen LogP contribution < -0.4 is 5.11 Å². The second-order valence-electron chi connectivity index (χ2n) is 5.15. The number of aliphatic carboxylic acids is 1. The minimum atomic E-state index is -1.21. The Morgan fingerprint density at radius 2 is 2.19 bits per heavy atom. The van der Waals surface area contributed by atoms with Crippen LogP contribution in [0.2, 0.25) is 0 Å². The zero-order valence-corrected chi connectivity index (χ0v) is 9.45. The van der Waals surface area contributed by atoms with Gasteiger partial charge in [0, 0.05) is 24.7 Å². The van der Waals surface area contributed by atoms with Gasteiger partial charge >= 0.3 is 5.97 Å². The van der Waals surface area contributed by atoms with Gasteiger partial charge in [0.25, 0.3) is 0 Å². The first-order valence-electron chi connectivity index (χ1n) is 5.41. The molecule has 0 aromatic rings. The number of carbonyl (C=O) groups excluding carboxylic acids is 2. The van der Waals surface area contributed by atoms with Crippen molar-refractivity contribution in [2.24, 2.45) is 5.92 Å². The van der Waals surface area contributed by atoms with Crippen molar-refractivity contribution in [1.29, 1.82) is 0 Å². The first-order valence-corrected chi connectivity index (χ1v) is 5.41. The van der Waals surface area contributed by atoms with E-state index in [-0.39, 0.29) is 6.42 Å². The molecule has 0 aliphatic carbocycles. The molecule has 0 saturated carbocycles. The van der Waals surface area contributed by atoms with Crippen molar-refractivity contribution < 1.29 is 24.2 Å². The van der Waals surface area contributed by atoms with Crippen molar-refractivity contribution in [1.82, 2.24) is 0 Å². The summed E-state index contributed by atoms with van der Waals surface area (Å²) in [6, 6.07) is 0. The van der Waals surface area contributed by atoms with E-state index in [1.54, 1.807) is 0 Å². The normalized spacial score (nSPS) is 37.4. The molecular weight excluding hydrogens is 212 g/mol. The Labute approximate surface area is 93.7 Å². The first kappa shape index (κ1) is 11.4. The molecule has 2 saturated heterocycles. The molecule has 2 aliphatic heterocycles. The second kappa shape index (κ2) is 3.45. The lowest BCUT2D eigenvalue weighted by Crippen LogP contribution is -2.53. The monoisotopic (exact) mass is 227 g/mol. The van der Waals surface area contributed by atoms with Crippen LogP contribution in [-0.2, 0) is 19.1 Å². The van der Waals surface area contributed by atoms with Crippen LogP contribution in [0.4, 0.5) is 0 Å². The van der Waals surface area contributed by atoms with Crippen LogP contribution in [0.25, 0.3) is 0 Å². The molecule has 90 valence electrons. The zero-order valence-electron chi connectivity index (χ0n) is 9.45. The van der Waals surface area contributed by atoms with Gasteiger partial charge in [-0.05, 0) is 13.8 Å². The van der Waals surface area contributed by atoms with Crippen LogP contribution in [0.5, 0.6) is 0 Å². The Bertz CT molecular complexity index is 335. The summed E-state index contributed by atoms with van der Waals surface area (Å²) < 4.78 is 10.8. The van der Waals surface area contributed by atoms with Crippen molar-refractivity contribution >= 4 is 11.9 Å². The lowest BCUT2D eigenvalue weighted by atomic mass is 9.75. The number of esters is 1. The van der Waals surface area contributed by atoms with E-state index in [0.29, 0.717) is 19.4 Å². The highest BCUT2D eigenvalue weighted by atomic mass is 16.6. The predicted octanol–water partition coefficient (Wildman–Crippen LogP) is -0.373. The molecule has 0 bridgehead atoms. The van der Waals surface area contributed by atoms with E-state index in [4.69, 9.17) is 9.47 Å². The van der Waals surface area contributed by atoms with Gasteiger partial charge in [0.05, 0.1) is 18.6 Å². The summed E-state index contributed by atoms with van der Waals surface area (Å²) in [6.45, 7) is 4.14. The molecule has 2 heterocycles. The Hall–Kier alpha value is -1.10. The van der Waals surface area contributed by atoms with Crippen LogP contribution in [0.1, 0.15) is 33.1 Å². The van der Waals surface area contributed by atoms with Crippen LogP contribution in [0.15, 0.2) is 0 Å². The zero-order chi connectivity index (χ0) is 12.0. The lowest BCUT2D eigenvalue weighted by Gasteiger charge is -2.44. The summed E-state index contributed by atoms with van der Waals surface area (Å²) in [7, 11) is 0. The smallest absolute Gasteiger partial charge is 0.307 e. The molecule has 2 aliphatic rings. The second-order valence-corrected chi connectivity index (χ2v) is 5.15. The summed E-state index contributed by atoms with van der Waals surface area (Å²) >= 11 is 0. The highest BCUT2D eigenvalue weighted by molar-refractivity contribution is 5.82. The molecule has 0 radical (unpaired) electrons. The van der Waals surface area contributed by atoms with Crippen LogP contribution in [-0.4, -0.2) is 29.7 Å². The molecule has 0 aromatic carbocycles. The van der Waals surface area contributed by atoms with Gasteiger partial charge in [-0.1, -0.05) is 0 Å². The molecule has 1 spiro atoms. The van der Waals surface area contributed by atoms with Crippen molar-refractivity contribution in [2.75, 3.05) is 6.61 Å². The van der Waals surface area contributed by atoms with Gasteiger partial charge in [-0.3, -0.25) is 4.79 Å². The molecule has 5 heteroatoms. The third-order valence-electron chi connectivity index (χ3n) is 3.35. The fourth-order valence-corrected chi connectivity index (χ4v) is 2.73.